The van der Waals surface area contributed by atoms with Gasteiger partial charge in [-0.05, 0) is 30.3 Å². The number of hydrogen-bond donors (Lipinski definition) is 3. The summed E-state index contributed by atoms with van der Waals surface area (Å²) < 4.78 is 0. The normalized spacial score (nSPS) is 10.2. The van der Waals surface area contributed by atoms with E-state index in [1.807, 2.05) is 55.4 Å². The van der Waals surface area contributed by atoms with Crippen molar-refractivity contribution in [3.63, 3.8) is 0 Å². The van der Waals surface area contributed by atoms with Crippen molar-refractivity contribution in [2.75, 3.05) is 42.7 Å². The maximum absolute atomic E-state index is 12.3. The number of carbonyl (C=O) groups excluding carboxylic acids is 1. The molecule has 0 atom stereocenters. The molecule has 0 aliphatic heterocycles. The lowest BCUT2D eigenvalue weighted by atomic mass is 10.2. The van der Waals surface area contributed by atoms with Crippen molar-refractivity contribution in [2.24, 2.45) is 0 Å². The number of anilines is 4. The summed E-state index contributed by atoms with van der Waals surface area (Å²) in [7, 11) is 3.89. The molecule has 144 valence electrons. The summed E-state index contributed by atoms with van der Waals surface area (Å²) in [4.78, 5) is 26.8. The van der Waals surface area contributed by atoms with E-state index in [0.29, 0.717) is 36.1 Å². The van der Waals surface area contributed by atoms with Crippen LogP contribution >= 0.6 is 0 Å². The first-order chi connectivity index (χ1) is 13.6. The molecule has 0 saturated carbocycles. The van der Waals surface area contributed by atoms with Gasteiger partial charge in [0.15, 0.2) is 0 Å². The molecule has 0 fully saturated rings. The lowest BCUT2D eigenvalue weighted by Crippen LogP contribution is -2.29. The van der Waals surface area contributed by atoms with Crippen LogP contribution in [0.1, 0.15) is 10.4 Å². The minimum absolute atomic E-state index is 0.106. The maximum Gasteiger partial charge on any atom is 0.251 e. The Morgan fingerprint density at radius 3 is 2.57 bits per heavy atom. The van der Waals surface area contributed by atoms with E-state index in [9.17, 15) is 4.79 Å². The van der Waals surface area contributed by atoms with E-state index in [4.69, 9.17) is 0 Å². The molecule has 0 bridgehead atoms. The van der Waals surface area contributed by atoms with Crippen molar-refractivity contribution in [3.05, 3.63) is 66.6 Å². The monoisotopic (exact) mass is 377 g/mol. The molecular weight excluding hydrogens is 354 g/mol. The largest absolute Gasteiger partial charge is 0.378 e. The summed E-state index contributed by atoms with van der Waals surface area (Å²) in [5.74, 6) is 1.91. The predicted octanol–water partition coefficient (Wildman–Crippen LogP) is 2.52. The van der Waals surface area contributed by atoms with Gasteiger partial charge in [0.25, 0.3) is 5.91 Å². The van der Waals surface area contributed by atoms with Crippen LogP contribution in [0.3, 0.4) is 0 Å². The molecule has 2 heterocycles. The van der Waals surface area contributed by atoms with Crippen LogP contribution in [0.4, 0.5) is 23.1 Å². The van der Waals surface area contributed by atoms with Crippen molar-refractivity contribution < 1.29 is 4.79 Å². The number of carbonyl (C=O) groups is 1. The van der Waals surface area contributed by atoms with Crippen LogP contribution in [0.5, 0.6) is 0 Å². The van der Waals surface area contributed by atoms with Crippen LogP contribution in [0.25, 0.3) is 0 Å². The molecule has 1 amide bonds. The predicted molar refractivity (Wildman–Crippen MR) is 111 cm³/mol. The third-order valence-electron chi connectivity index (χ3n) is 3.93. The Labute approximate surface area is 164 Å². The van der Waals surface area contributed by atoms with Crippen LogP contribution in [0.2, 0.25) is 0 Å². The summed E-state index contributed by atoms with van der Waals surface area (Å²) in [5.41, 5.74) is 1.62. The molecular formula is C20H23N7O. The Balaban J connectivity index is 1.48. The molecule has 0 saturated heterocycles. The van der Waals surface area contributed by atoms with Crippen LogP contribution < -0.4 is 20.9 Å². The van der Waals surface area contributed by atoms with E-state index >= 15 is 0 Å². The lowest BCUT2D eigenvalue weighted by molar-refractivity contribution is 0.0955. The number of benzene rings is 1. The zero-order valence-corrected chi connectivity index (χ0v) is 15.9. The number of nitrogens with zero attached hydrogens (tertiary/aromatic N) is 4. The number of aromatic nitrogens is 3. The number of rotatable bonds is 8. The van der Waals surface area contributed by atoms with Gasteiger partial charge in [-0.1, -0.05) is 12.1 Å². The molecule has 0 spiro atoms. The van der Waals surface area contributed by atoms with Crippen LogP contribution in [-0.2, 0) is 0 Å². The zero-order valence-electron chi connectivity index (χ0n) is 15.9. The zero-order chi connectivity index (χ0) is 19.8. The number of pyridine rings is 1. The van der Waals surface area contributed by atoms with Gasteiger partial charge in [0.2, 0.25) is 0 Å². The van der Waals surface area contributed by atoms with Gasteiger partial charge in [0.1, 0.15) is 23.8 Å². The highest BCUT2D eigenvalue weighted by Gasteiger charge is 2.06. The molecule has 8 heteroatoms. The quantitative estimate of drug-likeness (QED) is 0.519. The van der Waals surface area contributed by atoms with E-state index in [1.54, 1.807) is 18.3 Å². The van der Waals surface area contributed by atoms with Gasteiger partial charge in [-0.15, -0.1) is 0 Å². The molecule has 8 nitrogen and oxygen atoms in total. The van der Waals surface area contributed by atoms with Crippen LogP contribution in [0.15, 0.2) is 61.1 Å². The topological polar surface area (TPSA) is 95.1 Å². The van der Waals surface area contributed by atoms with E-state index in [-0.39, 0.29) is 5.91 Å². The summed E-state index contributed by atoms with van der Waals surface area (Å²) in [6, 6.07) is 14.9. The first-order valence-electron chi connectivity index (χ1n) is 8.91. The minimum atomic E-state index is -0.106. The van der Waals surface area contributed by atoms with Gasteiger partial charge in [-0.25, -0.2) is 15.0 Å². The number of hydrogen-bond acceptors (Lipinski definition) is 7. The summed E-state index contributed by atoms with van der Waals surface area (Å²) >= 11 is 0. The van der Waals surface area contributed by atoms with Gasteiger partial charge in [0, 0.05) is 50.7 Å². The Bertz CT molecular complexity index is 915. The highest BCUT2D eigenvalue weighted by Crippen LogP contribution is 2.14. The summed E-state index contributed by atoms with van der Waals surface area (Å²) in [6.07, 6.45) is 3.18. The van der Waals surface area contributed by atoms with Gasteiger partial charge >= 0.3 is 0 Å². The lowest BCUT2D eigenvalue weighted by Gasteiger charge is -2.13. The van der Waals surface area contributed by atoms with Crippen molar-refractivity contribution in [3.8, 4) is 0 Å². The van der Waals surface area contributed by atoms with Crippen LogP contribution in [-0.4, -0.2) is 48.0 Å². The Hall–Kier alpha value is -3.68. The van der Waals surface area contributed by atoms with E-state index in [0.717, 1.165) is 5.69 Å². The standard InChI is InChI=1S/C20H23N7O/c1-27(2)16-7-5-6-15(12-16)20(28)23-11-10-22-18-13-19(25-14-24-18)26-17-8-3-4-9-21-17/h3-9,12-14H,10-11H2,1-2H3,(H,23,28)(H2,21,22,24,25,26). The SMILES string of the molecule is CN(C)c1cccc(C(=O)NCCNc2cc(Nc3ccccn3)ncn2)c1. The molecule has 28 heavy (non-hydrogen) atoms. The molecule has 0 unspecified atom stereocenters. The van der Waals surface area contributed by atoms with E-state index in [1.165, 1.54) is 6.33 Å². The van der Waals surface area contributed by atoms with Crippen molar-refractivity contribution in [1.82, 2.24) is 20.3 Å². The minimum Gasteiger partial charge on any atom is -0.378 e. The smallest absolute Gasteiger partial charge is 0.251 e. The second kappa shape index (κ2) is 9.31. The van der Waals surface area contributed by atoms with E-state index in [2.05, 4.69) is 30.9 Å². The summed E-state index contributed by atoms with van der Waals surface area (Å²) in [5, 5.41) is 9.19. The second-order valence-electron chi connectivity index (χ2n) is 6.26. The third kappa shape index (κ3) is 5.41. The van der Waals surface area contributed by atoms with E-state index < -0.39 is 0 Å². The summed E-state index contributed by atoms with van der Waals surface area (Å²) in [6.45, 7) is 1.01. The average molecular weight is 377 g/mol. The molecule has 1 aromatic carbocycles. The fourth-order valence-electron chi connectivity index (χ4n) is 2.48. The Morgan fingerprint density at radius 1 is 0.929 bits per heavy atom. The molecule has 3 aromatic rings. The molecule has 2 aromatic heterocycles. The van der Waals surface area contributed by atoms with Gasteiger partial charge < -0.3 is 20.9 Å². The third-order valence-corrected chi connectivity index (χ3v) is 3.93. The number of nitrogens with one attached hydrogen (secondary N) is 3. The maximum atomic E-state index is 12.3. The first-order valence-corrected chi connectivity index (χ1v) is 8.91. The van der Waals surface area contributed by atoms with Crippen molar-refractivity contribution in [2.45, 2.75) is 0 Å². The first kappa shape index (κ1) is 19.1. The average Bonchev–Trinajstić information content (AvgIpc) is 2.72. The molecule has 0 radical (unpaired) electrons. The van der Waals surface area contributed by atoms with Crippen molar-refractivity contribution >= 4 is 29.0 Å². The molecule has 0 aliphatic rings. The van der Waals surface area contributed by atoms with Crippen molar-refractivity contribution in [1.29, 1.82) is 0 Å². The van der Waals surface area contributed by atoms with Gasteiger partial charge in [-0.2, -0.15) is 0 Å². The van der Waals surface area contributed by atoms with Crippen LogP contribution in [0, 0.1) is 0 Å². The fraction of sp³-hybridized carbons (Fsp3) is 0.200. The highest BCUT2D eigenvalue weighted by atomic mass is 16.1. The molecule has 0 aliphatic carbocycles. The number of amides is 1. The fourth-order valence-corrected chi connectivity index (χ4v) is 2.48. The Kier molecular flexibility index (Phi) is 6.35. The molecule has 3 rings (SSSR count). The highest BCUT2D eigenvalue weighted by molar-refractivity contribution is 5.95. The van der Waals surface area contributed by atoms with Gasteiger partial charge in [-0.3, -0.25) is 4.79 Å². The second-order valence-corrected chi connectivity index (χ2v) is 6.26. The van der Waals surface area contributed by atoms with Gasteiger partial charge in [0.05, 0.1) is 0 Å². The Morgan fingerprint density at radius 2 is 1.79 bits per heavy atom. The molecule has 3 N–H and O–H groups in total.